The highest BCUT2D eigenvalue weighted by molar-refractivity contribution is 5.87. The van der Waals surface area contributed by atoms with Gasteiger partial charge in [-0.1, -0.05) is 64.4 Å². The molecule has 200 valence electrons. The number of rotatable bonds is 4. The third-order valence-electron chi connectivity index (χ3n) is 10.1. The molecule has 8 atom stereocenters. The minimum atomic E-state index is -1.52. The summed E-state index contributed by atoms with van der Waals surface area (Å²) < 4.78 is 17.6. The molecule has 7 nitrogen and oxygen atoms in total. The molecule has 5 rings (SSSR count). The average molecular weight is 511 g/mol. The summed E-state index contributed by atoms with van der Waals surface area (Å²) in [4.78, 5) is 25.5. The molecule has 7 heteroatoms. The van der Waals surface area contributed by atoms with E-state index in [2.05, 4.69) is 0 Å². The summed E-state index contributed by atoms with van der Waals surface area (Å²) in [5, 5.41) is 24.6. The van der Waals surface area contributed by atoms with Gasteiger partial charge in [-0.05, 0) is 47.6 Å². The lowest BCUT2D eigenvalue weighted by Gasteiger charge is -2.69. The first-order valence-corrected chi connectivity index (χ1v) is 13.2. The molecule has 0 radical (unpaired) electrons. The van der Waals surface area contributed by atoms with E-state index >= 15 is 0 Å². The number of aliphatic hydroxyl groups excluding tert-OH is 1. The molecule has 0 spiro atoms. The minimum absolute atomic E-state index is 0.236. The third-order valence-corrected chi connectivity index (χ3v) is 10.1. The standard InChI is InChI=1S/C30H38O7/c1-18-20-16-23(32)37-29(20,35-5)17-21-24(18)25(33)26(30(34)27(2,3)14-9-15-28(21,30)4)36-22(31)13-12-19-10-7-6-8-11-19/h6-8,10-13,16,18,21,24-26,33-34H,9,14-15,17H2,1-5H3/t18-,21-,24-,25-,26-,28-,29+,30-/m1/s1. The molecule has 0 aromatic heterocycles. The lowest BCUT2D eigenvalue weighted by Crippen LogP contribution is -2.77. The van der Waals surface area contributed by atoms with Gasteiger partial charge in [0.1, 0.15) is 5.60 Å². The van der Waals surface area contributed by atoms with Gasteiger partial charge in [-0.25, -0.2) is 9.59 Å². The number of carbonyl (C=O) groups is 2. The van der Waals surface area contributed by atoms with Crippen LogP contribution < -0.4 is 0 Å². The van der Waals surface area contributed by atoms with Gasteiger partial charge in [0.05, 0.1) is 6.10 Å². The minimum Gasteiger partial charge on any atom is -0.453 e. The monoisotopic (exact) mass is 510 g/mol. The van der Waals surface area contributed by atoms with Gasteiger partial charge in [0.25, 0.3) is 0 Å². The quantitative estimate of drug-likeness (QED) is 0.466. The SMILES string of the molecule is CO[C@]12C[C@@H]3[C@H]([C@@H](O)[C@@H](OC(=O)C=Cc4ccccc4)[C@@]4(O)C(C)(C)CCC[C@]34C)[C@H](C)C1=CC(=O)O2. The van der Waals surface area contributed by atoms with Crippen molar-refractivity contribution in [2.24, 2.45) is 28.6 Å². The Morgan fingerprint density at radius 3 is 2.54 bits per heavy atom. The molecule has 1 aromatic rings. The van der Waals surface area contributed by atoms with Crippen LogP contribution in [0.25, 0.3) is 6.08 Å². The number of esters is 2. The van der Waals surface area contributed by atoms with Crippen molar-refractivity contribution in [3.8, 4) is 0 Å². The van der Waals surface area contributed by atoms with Gasteiger partial charge in [0, 0.05) is 36.7 Å². The fourth-order valence-electron chi connectivity index (χ4n) is 8.26. The molecule has 3 aliphatic carbocycles. The van der Waals surface area contributed by atoms with Crippen LogP contribution in [0.15, 0.2) is 48.1 Å². The number of fused-ring (bicyclic) bond motifs is 4. The Kier molecular flexibility index (Phi) is 6.21. The van der Waals surface area contributed by atoms with Crippen molar-refractivity contribution in [3.63, 3.8) is 0 Å². The summed E-state index contributed by atoms with van der Waals surface area (Å²) in [6.07, 6.45) is 4.82. The number of ether oxygens (including phenoxy) is 3. The number of methoxy groups -OCH3 is 1. The van der Waals surface area contributed by atoms with Crippen LogP contribution in [-0.4, -0.2) is 52.9 Å². The van der Waals surface area contributed by atoms with E-state index in [0.717, 1.165) is 18.4 Å². The fraction of sp³-hybridized carbons (Fsp3) is 0.600. The van der Waals surface area contributed by atoms with Crippen LogP contribution in [0.5, 0.6) is 0 Å². The first-order valence-electron chi connectivity index (χ1n) is 13.2. The van der Waals surface area contributed by atoms with Crippen molar-refractivity contribution < 1.29 is 34.0 Å². The maximum absolute atomic E-state index is 13.1. The fourth-order valence-corrected chi connectivity index (χ4v) is 8.26. The van der Waals surface area contributed by atoms with Crippen LogP contribution in [0.2, 0.25) is 0 Å². The van der Waals surface area contributed by atoms with E-state index in [9.17, 15) is 19.8 Å². The molecule has 3 saturated carbocycles. The third kappa shape index (κ3) is 3.65. The van der Waals surface area contributed by atoms with Crippen LogP contribution in [-0.2, 0) is 23.8 Å². The first-order chi connectivity index (χ1) is 17.4. The Morgan fingerprint density at radius 1 is 1.16 bits per heavy atom. The van der Waals surface area contributed by atoms with Crippen molar-refractivity contribution >= 4 is 18.0 Å². The van der Waals surface area contributed by atoms with Gasteiger partial charge in [-0.15, -0.1) is 0 Å². The van der Waals surface area contributed by atoms with E-state index in [1.807, 2.05) is 58.0 Å². The molecule has 0 bridgehead atoms. The van der Waals surface area contributed by atoms with Crippen LogP contribution in [0.3, 0.4) is 0 Å². The second kappa shape index (κ2) is 8.79. The molecule has 4 aliphatic rings. The van der Waals surface area contributed by atoms with Crippen LogP contribution in [0, 0.1) is 28.6 Å². The van der Waals surface area contributed by atoms with Crippen molar-refractivity contribution in [2.75, 3.05) is 7.11 Å². The first kappa shape index (κ1) is 26.1. The highest BCUT2D eigenvalue weighted by atomic mass is 16.7. The van der Waals surface area contributed by atoms with Crippen molar-refractivity contribution in [1.29, 1.82) is 0 Å². The summed E-state index contributed by atoms with van der Waals surface area (Å²) >= 11 is 0. The van der Waals surface area contributed by atoms with Gasteiger partial charge in [0.2, 0.25) is 5.79 Å². The molecule has 0 saturated heterocycles. The molecule has 0 unspecified atom stereocenters. The van der Waals surface area contributed by atoms with Crippen molar-refractivity contribution in [1.82, 2.24) is 0 Å². The summed E-state index contributed by atoms with van der Waals surface area (Å²) in [6.45, 7) is 7.96. The normalized spacial score (nSPS) is 42.3. The van der Waals surface area contributed by atoms with Gasteiger partial charge in [-0.3, -0.25) is 0 Å². The molecular formula is C30H38O7. The molecule has 1 heterocycles. The Bertz CT molecular complexity index is 1140. The predicted octanol–water partition coefficient (Wildman–Crippen LogP) is 4.03. The van der Waals surface area contributed by atoms with Crippen LogP contribution >= 0.6 is 0 Å². The summed E-state index contributed by atoms with van der Waals surface area (Å²) in [5.74, 6) is -3.16. The zero-order valence-electron chi connectivity index (χ0n) is 22.3. The topological polar surface area (TPSA) is 102 Å². The van der Waals surface area contributed by atoms with E-state index in [-0.39, 0.29) is 17.8 Å². The number of carbonyl (C=O) groups excluding carboxylic acids is 2. The van der Waals surface area contributed by atoms with Gasteiger partial charge < -0.3 is 24.4 Å². The van der Waals surface area contributed by atoms with Crippen LogP contribution in [0.1, 0.15) is 58.9 Å². The molecule has 2 N–H and O–H groups in total. The maximum Gasteiger partial charge on any atom is 0.333 e. The molecule has 37 heavy (non-hydrogen) atoms. The van der Waals surface area contributed by atoms with E-state index in [1.165, 1.54) is 19.3 Å². The number of benzene rings is 1. The molecule has 0 amide bonds. The highest BCUT2D eigenvalue weighted by Crippen LogP contribution is 2.69. The zero-order valence-corrected chi connectivity index (χ0v) is 22.3. The molecular weight excluding hydrogens is 472 g/mol. The zero-order chi connectivity index (χ0) is 26.8. The smallest absolute Gasteiger partial charge is 0.333 e. The second-order valence-corrected chi connectivity index (χ2v) is 12.2. The summed E-state index contributed by atoms with van der Waals surface area (Å²) in [6, 6.07) is 9.41. The Morgan fingerprint density at radius 2 is 1.86 bits per heavy atom. The summed E-state index contributed by atoms with van der Waals surface area (Å²) in [7, 11) is 1.53. The number of hydrogen-bond acceptors (Lipinski definition) is 7. The lowest BCUT2D eigenvalue weighted by molar-refractivity contribution is -0.332. The number of aliphatic hydroxyl groups is 2. The predicted molar refractivity (Wildman–Crippen MR) is 137 cm³/mol. The van der Waals surface area contributed by atoms with E-state index in [0.29, 0.717) is 18.4 Å². The average Bonchev–Trinajstić information content (AvgIpc) is 3.21. The van der Waals surface area contributed by atoms with Gasteiger partial charge in [0.15, 0.2) is 6.10 Å². The maximum atomic E-state index is 13.1. The molecule has 3 fully saturated rings. The van der Waals surface area contributed by atoms with E-state index in [4.69, 9.17) is 14.2 Å². The summed E-state index contributed by atoms with van der Waals surface area (Å²) in [5.41, 5.74) is -1.36. The Balaban J connectivity index is 1.57. The molecule has 1 aliphatic heterocycles. The lowest BCUT2D eigenvalue weighted by atomic mass is 9.39. The Hall–Kier alpha value is -2.48. The Labute approximate surface area is 218 Å². The van der Waals surface area contributed by atoms with Gasteiger partial charge in [-0.2, -0.15) is 0 Å². The van der Waals surface area contributed by atoms with Crippen molar-refractivity contribution in [3.05, 3.63) is 53.6 Å². The second-order valence-electron chi connectivity index (χ2n) is 12.2. The largest absolute Gasteiger partial charge is 0.453 e. The van der Waals surface area contributed by atoms with Crippen LogP contribution in [0.4, 0.5) is 0 Å². The van der Waals surface area contributed by atoms with E-state index in [1.54, 1.807) is 6.08 Å². The number of hydrogen-bond donors (Lipinski definition) is 2. The van der Waals surface area contributed by atoms with Gasteiger partial charge >= 0.3 is 11.9 Å². The van der Waals surface area contributed by atoms with E-state index < -0.39 is 46.4 Å². The van der Waals surface area contributed by atoms with Crippen molar-refractivity contribution in [2.45, 2.75) is 77.0 Å². The highest BCUT2D eigenvalue weighted by Gasteiger charge is 2.75. The molecule has 1 aromatic carbocycles.